The van der Waals surface area contributed by atoms with Gasteiger partial charge in [0.15, 0.2) is 5.65 Å². The van der Waals surface area contributed by atoms with Crippen LogP contribution in [-0.4, -0.2) is 16.0 Å². The predicted molar refractivity (Wildman–Crippen MR) is 88.1 cm³/mol. The zero-order chi connectivity index (χ0) is 15.5. The molecule has 5 nitrogen and oxygen atoms in total. The van der Waals surface area contributed by atoms with Gasteiger partial charge in [0.2, 0.25) is 0 Å². The fourth-order valence-electron chi connectivity index (χ4n) is 2.21. The molecule has 2 N–H and O–H groups in total. The zero-order valence-corrected chi connectivity index (χ0v) is 12.4. The highest BCUT2D eigenvalue weighted by Crippen LogP contribution is 2.20. The third-order valence-corrected chi connectivity index (χ3v) is 3.42. The molecule has 0 saturated carbocycles. The summed E-state index contributed by atoms with van der Waals surface area (Å²) in [6, 6.07) is 13.0. The van der Waals surface area contributed by atoms with Crippen LogP contribution in [0, 0.1) is 13.8 Å². The van der Waals surface area contributed by atoms with Gasteiger partial charge in [0.25, 0.3) is 0 Å². The Kier molecular flexibility index (Phi) is 3.70. The molecule has 0 radical (unpaired) electrons. The minimum Gasteiger partial charge on any atom is -0.307 e. The summed E-state index contributed by atoms with van der Waals surface area (Å²) < 4.78 is 0. The van der Waals surface area contributed by atoms with Crippen molar-refractivity contribution in [2.24, 2.45) is 0 Å². The number of carbonyl (C=O) groups is 1. The first-order chi connectivity index (χ1) is 10.6. The SMILES string of the molecule is Cc1ccccc1NC(=O)Nc1cc2cccnc2nc1C. The third-order valence-electron chi connectivity index (χ3n) is 3.42. The maximum atomic E-state index is 12.2. The molecule has 110 valence electrons. The lowest BCUT2D eigenvalue weighted by Crippen LogP contribution is -2.20. The lowest BCUT2D eigenvalue weighted by Gasteiger charge is -2.11. The Bertz CT molecular complexity index is 845. The van der Waals surface area contributed by atoms with Gasteiger partial charge >= 0.3 is 6.03 Å². The summed E-state index contributed by atoms with van der Waals surface area (Å²) in [4.78, 5) is 20.8. The summed E-state index contributed by atoms with van der Waals surface area (Å²) in [5.41, 5.74) is 3.87. The van der Waals surface area contributed by atoms with Crippen molar-refractivity contribution < 1.29 is 4.79 Å². The maximum Gasteiger partial charge on any atom is 0.323 e. The fourth-order valence-corrected chi connectivity index (χ4v) is 2.21. The number of hydrogen-bond acceptors (Lipinski definition) is 3. The van der Waals surface area contributed by atoms with E-state index >= 15 is 0 Å². The van der Waals surface area contributed by atoms with Gasteiger partial charge in [-0.25, -0.2) is 14.8 Å². The molecule has 22 heavy (non-hydrogen) atoms. The second kappa shape index (κ2) is 5.81. The minimum absolute atomic E-state index is 0.289. The molecule has 0 aliphatic heterocycles. The number of nitrogens with zero attached hydrogens (tertiary/aromatic N) is 2. The van der Waals surface area contributed by atoms with Gasteiger partial charge in [-0.2, -0.15) is 0 Å². The molecule has 2 aromatic heterocycles. The van der Waals surface area contributed by atoms with Crippen LogP contribution < -0.4 is 10.6 Å². The average molecular weight is 292 g/mol. The van der Waals surface area contributed by atoms with E-state index in [1.807, 2.05) is 56.3 Å². The Labute approximate surface area is 128 Å². The Balaban J connectivity index is 1.82. The molecule has 3 aromatic rings. The lowest BCUT2D eigenvalue weighted by atomic mass is 10.2. The number of aromatic nitrogens is 2. The van der Waals surface area contributed by atoms with E-state index in [-0.39, 0.29) is 6.03 Å². The van der Waals surface area contributed by atoms with Crippen molar-refractivity contribution in [1.29, 1.82) is 0 Å². The van der Waals surface area contributed by atoms with Gasteiger partial charge in [0, 0.05) is 17.3 Å². The Hall–Kier alpha value is -2.95. The molecule has 1 aromatic carbocycles. The van der Waals surface area contributed by atoms with E-state index in [0.29, 0.717) is 11.3 Å². The molecule has 0 aliphatic rings. The van der Waals surface area contributed by atoms with Gasteiger partial charge in [-0.1, -0.05) is 18.2 Å². The highest BCUT2D eigenvalue weighted by molar-refractivity contribution is 6.01. The Morgan fingerprint density at radius 1 is 1.00 bits per heavy atom. The van der Waals surface area contributed by atoms with Crippen LogP contribution in [0.15, 0.2) is 48.7 Å². The van der Waals surface area contributed by atoms with Crippen LogP contribution in [0.2, 0.25) is 0 Å². The highest BCUT2D eigenvalue weighted by atomic mass is 16.2. The first-order valence-corrected chi connectivity index (χ1v) is 6.99. The van der Waals surface area contributed by atoms with Crippen molar-refractivity contribution in [2.45, 2.75) is 13.8 Å². The number of amides is 2. The fraction of sp³-hybridized carbons (Fsp3) is 0.118. The van der Waals surface area contributed by atoms with Gasteiger partial charge in [0.05, 0.1) is 11.4 Å². The molecule has 2 amide bonds. The highest BCUT2D eigenvalue weighted by Gasteiger charge is 2.08. The molecule has 0 aliphatic carbocycles. The van der Waals surface area contributed by atoms with E-state index in [1.54, 1.807) is 6.20 Å². The quantitative estimate of drug-likeness (QED) is 0.753. The Morgan fingerprint density at radius 2 is 1.77 bits per heavy atom. The van der Waals surface area contributed by atoms with Crippen molar-refractivity contribution in [3.8, 4) is 0 Å². The van der Waals surface area contributed by atoms with E-state index in [9.17, 15) is 4.79 Å². The maximum absolute atomic E-state index is 12.2. The predicted octanol–water partition coefficient (Wildman–Crippen LogP) is 3.89. The van der Waals surface area contributed by atoms with E-state index in [2.05, 4.69) is 20.6 Å². The number of urea groups is 1. The van der Waals surface area contributed by atoms with Gasteiger partial charge < -0.3 is 10.6 Å². The summed E-state index contributed by atoms with van der Waals surface area (Å²) in [5, 5.41) is 6.57. The number of fused-ring (bicyclic) bond motifs is 1. The number of aryl methyl sites for hydroxylation is 2. The van der Waals surface area contributed by atoms with Crippen LogP contribution in [0.25, 0.3) is 11.0 Å². The third kappa shape index (κ3) is 2.88. The second-order valence-electron chi connectivity index (χ2n) is 5.07. The first-order valence-electron chi connectivity index (χ1n) is 6.99. The number of anilines is 2. The number of nitrogens with one attached hydrogen (secondary N) is 2. The summed E-state index contributed by atoms with van der Waals surface area (Å²) in [6.07, 6.45) is 1.70. The van der Waals surface area contributed by atoms with Gasteiger partial charge in [-0.05, 0) is 43.7 Å². The first kappa shape index (κ1) is 14.0. The van der Waals surface area contributed by atoms with Crippen LogP contribution in [0.4, 0.5) is 16.2 Å². The summed E-state index contributed by atoms with van der Waals surface area (Å²) in [7, 11) is 0. The molecule has 2 heterocycles. The number of hydrogen-bond donors (Lipinski definition) is 2. The smallest absolute Gasteiger partial charge is 0.307 e. The molecule has 5 heteroatoms. The van der Waals surface area contributed by atoms with Crippen LogP contribution in [-0.2, 0) is 0 Å². The van der Waals surface area contributed by atoms with Crippen molar-refractivity contribution in [3.63, 3.8) is 0 Å². The normalized spacial score (nSPS) is 10.5. The van der Waals surface area contributed by atoms with Crippen LogP contribution >= 0.6 is 0 Å². The van der Waals surface area contributed by atoms with Gasteiger partial charge in [-0.15, -0.1) is 0 Å². The lowest BCUT2D eigenvalue weighted by molar-refractivity contribution is 0.262. The summed E-state index contributed by atoms with van der Waals surface area (Å²) in [5.74, 6) is 0. The number of pyridine rings is 2. The van der Waals surface area contributed by atoms with E-state index < -0.39 is 0 Å². The summed E-state index contributed by atoms with van der Waals surface area (Å²) >= 11 is 0. The second-order valence-corrected chi connectivity index (χ2v) is 5.07. The molecule has 0 saturated heterocycles. The van der Waals surface area contributed by atoms with Crippen LogP contribution in [0.3, 0.4) is 0 Å². The van der Waals surface area contributed by atoms with E-state index in [0.717, 1.165) is 22.3 Å². The Morgan fingerprint density at radius 3 is 2.59 bits per heavy atom. The molecule has 0 spiro atoms. The number of carbonyl (C=O) groups excluding carboxylic acids is 1. The molecule has 0 bridgehead atoms. The van der Waals surface area contributed by atoms with Crippen molar-refractivity contribution >= 4 is 28.4 Å². The molecular weight excluding hydrogens is 276 g/mol. The van der Waals surface area contributed by atoms with E-state index in [4.69, 9.17) is 0 Å². The zero-order valence-electron chi connectivity index (χ0n) is 12.4. The summed E-state index contributed by atoms with van der Waals surface area (Å²) in [6.45, 7) is 3.79. The van der Waals surface area contributed by atoms with Crippen molar-refractivity contribution in [1.82, 2.24) is 9.97 Å². The molecule has 0 unspecified atom stereocenters. The molecule has 0 atom stereocenters. The van der Waals surface area contributed by atoms with Crippen LogP contribution in [0.5, 0.6) is 0 Å². The monoisotopic (exact) mass is 292 g/mol. The largest absolute Gasteiger partial charge is 0.323 e. The number of para-hydroxylation sites is 1. The minimum atomic E-state index is -0.289. The number of rotatable bonds is 2. The van der Waals surface area contributed by atoms with Crippen LogP contribution in [0.1, 0.15) is 11.3 Å². The molecule has 0 fully saturated rings. The van der Waals surface area contributed by atoms with Gasteiger partial charge in [-0.3, -0.25) is 0 Å². The number of benzene rings is 1. The topological polar surface area (TPSA) is 66.9 Å². The molecular formula is C17H16N4O. The van der Waals surface area contributed by atoms with Crippen molar-refractivity contribution in [2.75, 3.05) is 10.6 Å². The average Bonchev–Trinajstić information content (AvgIpc) is 2.50. The van der Waals surface area contributed by atoms with Crippen molar-refractivity contribution in [3.05, 3.63) is 59.9 Å². The van der Waals surface area contributed by atoms with E-state index in [1.165, 1.54) is 0 Å². The molecule has 3 rings (SSSR count). The van der Waals surface area contributed by atoms with Gasteiger partial charge in [0.1, 0.15) is 0 Å². The standard InChI is InChI=1S/C17H16N4O/c1-11-6-3-4-8-14(11)20-17(22)21-15-10-13-7-5-9-18-16(13)19-12(15)2/h3-10H,1-2H3,(H2,20,21,22).